The Bertz CT molecular complexity index is 484. The second kappa shape index (κ2) is 5.71. The lowest BCUT2D eigenvalue weighted by Crippen LogP contribution is -2.42. The molecule has 0 bridgehead atoms. The largest absolute Gasteiger partial charge is 0.481 e. The first-order chi connectivity index (χ1) is 9.47. The number of nitrogens with zero attached hydrogens (tertiary/aromatic N) is 1. The number of imide groups is 1. The molecule has 118 valence electrons. The molecule has 1 aliphatic rings. The number of amides is 4. The van der Waals surface area contributed by atoms with E-state index in [1.54, 1.807) is 13.8 Å². The average molecular weight is 299 g/mol. The van der Waals surface area contributed by atoms with E-state index in [2.05, 4.69) is 10.6 Å². The van der Waals surface area contributed by atoms with E-state index in [9.17, 15) is 19.2 Å². The first kappa shape index (κ1) is 16.9. The van der Waals surface area contributed by atoms with Crippen LogP contribution < -0.4 is 10.6 Å². The number of carboxylic acids is 1. The van der Waals surface area contributed by atoms with E-state index in [1.807, 2.05) is 0 Å². The zero-order chi connectivity index (χ0) is 16.4. The van der Waals surface area contributed by atoms with Gasteiger partial charge in [-0.1, -0.05) is 0 Å². The van der Waals surface area contributed by atoms with Gasteiger partial charge in [0.05, 0.1) is 5.41 Å². The van der Waals surface area contributed by atoms with Gasteiger partial charge in [0.1, 0.15) is 5.54 Å². The van der Waals surface area contributed by atoms with Crippen LogP contribution in [0.25, 0.3) is 0 Å². The molecule has 1 fully saturated rings. The third-order valence-electron chi connectivity index (χ3n) is 3.31. The van der Waals surface area contributed by atoms with Crippen molar-refractivity contribution in [1.82, 2.24) is 15.5 Å². The maximum Gasteiger partial charge on any atom is 0.325 e. The van der Waals surface area contributed by atoms with E-state index >= 15 is 0 Å². The Morgan fingerprint density at radius 1 is 1.33 bits per heavy atom. The highest BCUT2D eigenvalue weighted by atomic mass is 16.4. The molecule has 0 aliphatic carbocycles. The topological polar surface area (TPSA) is 116 Å². The third kappa shape index (κ3) is 3.93. The highest BCUT2D eigenvalue weighted by Crippen LogP contribution is 2.17. The summed E-state index contributed by atoms with van der Waals surface area (Å²) in [6.07, 6.45) is -0.0645. The first-order valence-electron chi connectivity index (χ1n) is 6.61. The molecule has 1 aliphatic heterocycles. The predicted octanol–water partition coefficient (Wildman–Crippen LogP) is -0.0661. The summed E-state index contributed by atoms with van der Waals surface area (Å²) in [6, 6.07) is -0.524. The van der Waals surface area contributed by atoms with Gasteiger partial charge in [0.25, 0.3) is 5.91 Å². The minimum atomic E-state index is -1.07. The fraction of sp³-hybridized carbons (Fsp3) is 0.692. The Balaban J connectivity index is 2.46. The molecule has 0 unspecified atom stereocenters. The normalized spacial score (nSPS) is 17.6. The molecule has 0 saturated carbocycles. The molecule has 0 spiro atoms. The van der Waals surface area contributed by atoms with Crippen LogP contribution in [-0.4, -0.2) is 52.4 Å². The molecule has 1 heterocycles. The summed E-state index contributed by atoms with van der Waals surface area (Å²) in [5, 5.41) is 13.9. The van der Waals surface area contributed by atoms with Crippen LogP contribution in [0.2, 0.25) is 0 Å². The Labute approximate surface area is 122 Å². The molecule has 0 atom stereocenters. The summed E-state index contributed by atoms with van der Waals surface area (Å²) >= 11 is 0. The number of aliphatic carboxylic acids is 1. The zero-order valence-corrected chi connectivity index (χ0v) is 12.6. The number of rotatable bonds is 6. The molecule has 0 aromatic carbocycles. The third-order valence-corrected chi connectivity index (χ3v) is 3.31. The summed E-state index contributed by atoms with van der Waals surface area (Å²) < 4.78 is 0. The zero-order valence-electron chi connectivity index (χ0n) is 12.6. The monoisotopic (exact) mass is 299 g/mol. The molecule has 3 N–H and O–H groups in total. The van der Waals surface area contributed by atoms with Crippen LogP contribution in [0, 0.1) is 5.41 Å². The van der Waals surface area contributed by atoms with Crippen molar-refractivity contribution in [2.24, 2.45) is 5.41 Å². The van der Waals surface area contributed by atoms with Gasteiger partial charge in [-0.05, 0) is 27.7 Å². The molecule has 0 aromatic rings. The highest BCUT2D eigenvalue weighted by molar-refractivity contribution is 6.06. The number of hydrogen-bond donors (Lipinski definition) is 3. The van der Waals surface area contributed by atoms with E-state index < -0.39 is 28.9 Å². The van der Waals surface area contributed by atoms with E-state index in [0.29, 0.717) is 0 Å². The fourth-order valence-electron chi connectivity index (χ4n) is 1.72. The summed E-state index contributed by atoms with van der Waals surface area (Å²) in [5.74, 6) is -1.81. The van der Waals surface area contributed by atoms with Crippen molar-refractivity contribution in [2.45, 2.75) is 39.7 Å². The van der Waals surface area contributed by atoms with Gasteiger partial charge in [-0.25, -0.2) is 4.79 Å². The second-order valence-electron chi connectivity index (χ2n) is 6.23. The quantitative estimate of drug-likeness (QED) is 0.594. The van der Waals surface area contributed by atoms with Gasteiger partial charge in [-0.15, -0.1) is 0 Å². The number of urea groups is 1. The van der Waals surface area contributed by atoms with Gasteiger partial charge >= 0.3 is 12.0 Å². The van der Waals surface area contributed by atoms with E-state index in [-0.39, 0.29) is 25.4 Å². The van der Waals surface area contributed by atoms with Gasteiger partial charge < -0.3 is 15.7 Å². The van der Waals surface area contributed by atoms with Crippen molar-refractivity contribution in [1.29, 1.82) is 0 Å². The number of carboxylic acid groups (broad SMARTS) is 1. The van der Waals surface area contributed by atoms with Crippen molar-refractivity contribution < 1.29 is 24.3 Å². The maximum absolute atomic E-state index is 11.9. The second-order valence-corrected chi connectivity index (χ2v) is 6.23. The van der Waals surface area contributed by atoms with E-state index in [0.717, 1.165) is 4.90 Å². The lowest BCUT2D eigenvalue weighted by atomic mass is 9.94. The lowest BCUT2D eigenvalue weighted by molar-refractivity contribution is -0.146. The van der Waals surface area contributed by atoms with Gasteiger partial charge in [0.2, 0.25) is 5.91 Å². The highest BCUT2D eigenvalue weighted by Gasteiger charge is 2.44. The number of carbonyl (C=O) groups is 4. The molecule has 0 aromatic heterocycles. The molecular weight excluding hydrogens is 278 g/mol. The van der Waals surface area contributed by atoms with Crippen molar-refractivity contribution >= 4 is 23.8 Å². The van der Waals surface area contributed by atoms with Crippen molar-refractivity contribution in [2.75, 3.05) is 13.1 Å². The van der Waals surface area contributed by atoms with Gasteiger partial charge in [0.15, 0.2) is 0 Å². The van der Waals surface area contributed by atoms with Crippen LogP contribution in [0.4, 0.5) is 4.79 Å². The Morgan fingerprint density at radius 2 is 1.90 bits per heavy atom. The molecule has 8 nitrogen and oxygen atoms in total. The SMILES string of the molecule is CC(C)(CNC(=O)CCN1C(=O)NC(C)(C)C1=O)C(=O)O. The van der Waals surface area contributed by atoms with Crippen LogP contribution in [0.1, 0.15) is 34.1 Å². The average Bonchev–Trinajstić information content (AvgIpc) is 2.54. The molecule has 1 rings (SSSR count). The number of nitrogens with one attached hydrogen (secondary N) is 2. The molecule has 21 heavy (non-hydrogen) atoms. The Kier molecular flexibility index (Phi) is 4.60. The standard InChI is InChI=1S/C13H21N3O5/c1-12(2,10(19)20)7-14-8(17)5-6-16-9(18)13(3,4)15-11(16)21/h5-7H2,1-4H3,(H,14,17)(H,15,21)(H,19,20). The smallest absolute Gasteiger partial charge is 0.325 e. The van der Waals surface area contributed by atoms with E-state index in [4.69, 9.17) is 5.11 Å². The molecule has 4 amide bonds. The molecule has 1 saturated heterocycles. The van der Waals surface area contributed by atoms with Gasteiger partial charge in [-0.3, -0.25) is 19.3 Å². The van der Waals surface area contributed by atoms with Crippen LogP contribution in [0.5, 0.6) is 0 Å². The Hall–Kier alpha value is -2.12. The van der Waals surface area contributed by atoms with Crippen LogP contribution in [0.3, 0.4) is 0 Å². The van der Waals surface area contributed by atoms with Crippen molar-refractivity contribution in [3.8, 4) is 0 Å². The lowest BCUT2D eigenvalue weighted by Gasteiger charge is -2.20. The Morgan fingerprint density at radius 3 is 2.33 bits per heavy atom. The number of carbonyl (C=O) groups excluding carboxylic acids is 3. The van der Waals surface area contributed by atoms with Crippen molar-refractivity contribution in [3.05, 3.63) is 0 Å². The van der Waals surface area contributed by atoms with E-state index in [1.165, 1.54) is 13.8 Å². The minimum Gasteiger partial charge on any atom is -0.481 e. The van der Waals surface area contributed by atoms with Gasteiger partial charge in [0, 0.05) is 19.5 Å². The first-order valence-corrected chi connectivity index (χ1v) is 6.61. The fourth-order valence-corrected chi connectivity index (χ4v) is 1.72. The van der Waals surface area contributed by atoms with Crippen LogP contribution >= 0.6 is 0 Å². The minimum absolute atomic E-state index is 0.0210. The maximum atomic E-state index is 11.9. The van der Waals surface area contributed by atoms with Gasteiger partial charge in [-0.2, -0.15) is 0 Å². The summed E-state index contributed by atoms with van der Waals surface area (Å²) in [4.78, 5) is 47.1. The molecule has 8 heteroatoms. The number of hydrogen-bond acceptors (Lipinski definition) is 4. The molecule has 0 radical (unpaired) electrons. The van der Waals surface area contributed by atoms with Crippen LogP contribution in [0.15, 0.2) is 0 Å². The summed E-state index contributed by atoms with van der Waals surface area (Å²) in [5.41, 5.74) is -2.03. The summed E-state index contributed by atoms with van der Waals surface area (Å²) in [7, 11) is 0. The predicted molar refractivity (Wildman–Crippen MR) is 73.4 cm³/mol. The summed E-state index contributed by atoms with van der Waals surface area (Å²) in [6.45, 7) is 6.11. The van der Waals surface area contributed by atoms with Crippen LogP contribution in [-0.2, 0) is 14.4 Å². The van der Waals surface area contributed by atoms with Crippen molar-refractivity contribution in [3.63, 3.8) is 0 Å². The molecular formula is C13H21N3O5.